The zero-order chi connectivity index (χ0) is 12.9. The number of carbonyl (C=O) groups excluding carboxylic acids is 1. The molecule has 1 aliphatic rings. The minimum Gasteiger partial charge on any atom is -0.453 e. The number of carbonyl (C=O) groups is 1. The molecular formula is C13H22O4. The lowest BCUT2D eigenvalue weighted by Crippen LogP contribution is -2.47. The Balaban J connectivity index is 2.66. The summed E-state index contributed by atoms with van der Waals surface area (Å²) in [5, 5.41) is 0. The highest BCUT2D eigenvalue weighted by molar-refractivity contribution is 5.87. The molecule has 1 aliphatic carbocycles. The third-order valence-corrected chi connectivity index (χ3v) is 3.13. The molecule has 0 bridgehead atoms. The molecule has 1 saturated carbocycles. The fourth-order valence-electron chi connectivity index (χ4n) is 2.10. The molecule has 0 aliphatic heterocycles. The molecule has 0 aromatic carbocycles. The topological polar surface area (TPSA) is 44.8 Å². The van der Waals surface area contributed by atoms with Crippen LogP contribution >= 0.6 is 0 Å². The molecule has 1 rings (SSSR count). The third kappa shape index (κ3) is 3.82. The number of hydrogen-bond donors (Lipinski definition) is 0. The van der Waals surface area contributed by atoms with E-state index in [-0.39, 0.29) is 18.9 Å². The van der Waals surface area contributed by atoms with Crippen molar-refractivity contribution in [1.29, 1.82) is 0 Å². The van der Waals surface area contributed by atoms with Gasteiger partial charge in [-0.15, -0.1) is 0 Å². The Morgan fingerprint density at radius 3 is 2.76 bits per heavy atom. The summed E-state index contributed by atoms with van der Waals surface area (Å²) in [7, 11) is 1.58. The Morgan fingerprint density at radius 2 is 2.18 bits per heavy atom. The summed E-state index contributed by atoms with van der Waals surface area (Å²) in [5.74, 6) is -0.347. The molecule has 0 aromatic heterocycles. The van der Waals surface area contributed by atoms with E-state index < -0.39 is 5.60 Å². The maximum absolute atomic E-state index is 11.6. The molecule has 0 aromatic rings. The molecule has 0 spiro atoms. The fourth-order valence-corrected chi connectivity index (χ4v) is 2.10. The van der Waals surface area contributed by atoms with E-state index in [0.29, 0.717) is 5.57 Å². The van der Waals surface area contributed by atoms with Crippen LogP contribution in [0.25, 0.3) is 0 Å². The van der Waals surface area contributed by atoms with Crippen LogP contribution in [0, 0.1) is 0 Å². The Morgan fingerprint density at radius 1 is 1.47 bits per heavy atom. The lowest BCUT2D eigenvalue weighted by atomic mass is 9.83. The monoisotopic (exact) mass is 242 g/mol. The van der Waals surface area contributed by atoms with Crippen molar-refractivity contribution in [3.8, 4) is 0 Å². The minimum atomic E-state index is -0.563. The van der Waals surface area contributed by atoms with Gasteiger partial charge >= 0.3 is 5.97 Å². The van der Waals surface area contributed by atoms with Crippen LogP contribution in [0.2, 0.25) is 0 Å². The number of hydrogen-bond acceptors (Lipinski definition) is 4. The van der Waals surface area contributed by atoms with Crippen molar-refractivity contribution in [2.75, 3.05) is 13.9 Å². The summed E-state index contributed by atoms with van der Waals surface area (Å²) in [5.41, 5.74) is -0.144. The van der Waals surface area contributed by atoms with Gasteiger partial charge in [0, 0.05) is 12.7 Å². The van der Waals surface area contributed by atoms with Crippen molar-refractivity contribution in [3.05, 3.63) is 12.2 Å². The highest BCUT2D eigenvalue weighted by Gasteiger charge is 2.41. The molecule has 17 heavy (non-hydrogen) atoms. The van der Waals surface area contributed by atoms with Crippen molar-refractivity contribution >= 4 is 5.97 Å². The molecule has 1 fully saturated rings. The molecule has 0 radical (unpaired) electrons. The van der Waals surface area contributed by atoms with Gasteiger partial charge in [0.05, 0.1) is 6.10 Å². The first-order valence-corrected chi connectivity index (χ1v) is 5.99. The van der Waals surface area contributed by atoms with Crippen molar-refractivity contribution in [2.24, 2.45) is 0 Å². The van der Waals surface area contributed by atoms with E-state index in [0.717, 1.165) is 25.7 Å². The van der Waals surface area contributed by atoms with Crippen LogP contribution < -0.4 is 0 Å². The van der Waals surface area contributed by atoms with E-state index >= 15 is 0 Å². The lowest BCUT2D eigenvalue weighted by Gasteiger charge is -2.40. The van der Waals surface area contributed by atoms with Gasteiger partial charge < -0.3 is 14.2 Å². The van der Waals surface area contributed by atoms with Crippen LogP contribution in [0.5, 0.6) is 0 Å². The number of ether oxygens (including phenoxy) is 3. The summed E-state index contributed by atoms with van der Waals surface area (Å²) >= 11 is 0. The summed E-state index contributed by atoms with van der Waals surface area (Å²) < 4.78 is 16.0. The first-order valence-electron chi connectivity index (χ1n) is 5.99. The van der Waals surface area contributed by atoms with Crippen LogP contribution in [0.4, 0.5) is 0 Å². The van der Waals surface area contributed by atoms with Crippen LogP contribution in [0.1, 0.15) is 39.5 Å². The zero-order valence-electron chi connectivity index (χ0n) is 11.0. The van der Waals surface area contributed by atoms with E-state index in [1.807, 2.05) is 6.92 Å². The van der Waals surface area contributed by atoms with E-state index in [1.165, 1.54) is 0 Å². The van der Waals surface area contributed by atoms with E-state index in [2.05, 4.69) is 6.58 Å². The van der Waals surface area contributed by atoms with Crippen molar-refractivity contribution in [1.82, 2.24) is 0 Å². The molecule has 0 heterocycles. The summed E-state index contributed by atoms with van der Waals surface area (Å²) in [6.07, 6.45) is 3.75. The van der Waals surface area contributed by atoms with Gasteiger partial charge in [-0.1, -0.05) is 13.0 Å². The van der Waals surface area contributed by atoms with Crippen molar-refractivity contribution in [3.63, 3.8) is 0 Å². The summed E-state index contributed by atoms with van der Waals surface area (Å²) in [6, 6.07) is 0. The van der Waals surface area contributed by atoms with Gasteiger partial charge in [0.25, 0.3) is 0 Å². The molecule has 2 unspecified atom stereocenters. The van der Waals surface area contributed by atoms with Gasteiger partial charge in [-0.2, -0.15) is 0 Å². The summed E-state index contributed by atoms with van der Waals surface area (Å²) in [4.78, 5) is 11.6. The van der Waals surface area contributed by atoms with Crippen LogP contribution in [-0.4, -0.2) is 31.6 Å². The SMILES string of the molecule is C=C(C)C(=O)OC1(C)CCCCC1OCOC. The smallest absolute Gasteiger partial charge is 0.333 e. The second-order valence-electron chi connectivity index (χ2n) is 4.79. The Labute approximate surface area is 103 Å². The molecule has 2 atom stereocenters. The highest BCUT2D eigenvalue weighted by atomic mass is 16.7. The van der Waals surface area contributed by atoms with Crippen molar-refractivity contribution in [2.45, 2.75) is 51.2 Å². The first kappa shape index (κ1) is 14.2. The zero-order valence-corrected chi connectivity index (χ0v) is 11.0. The number of rotatable bonds is 5. The number of esters is 1. The number of methoxy groups -OCH3 is 1. The lowest BCUT2D eigenvalue weighted by molar-refractivity contribution is -0.193. The Hall–Kier alpha value is -0.870. The molecular weight excluding hydrogens is 220 g/mol. The molecule has 0 N–H and O–H groups in total. The molecule has 0 saturated heterocycles. The second kappa shape index (κ2) is 6.17. The Kier molecular flexibility index (Phi) is 5.15. The van der Waals surface area contributed by atoms with Crippen LogP contribution in [-0.2, 0) is 19.0 Å². The van der Waals surface area contributed by atoms with Gasteiger partial charge in [-0.05, 0) is 33.1 Å². The van der Waals surface area contributed by atoms with Crippen LogP contribution in [0.15, 0.2) is 12.2 Å². The maximum Gasteiger partial charge on any atom is 0.333 e. The average Bonchev–Trinajstić information content (AvgIpc) is 2.27. The summed E-state index contributed by atoms with van der Waals surface area (Å²) in [6.45, 7) is 7.40. The van der Waals surface area contributed by atoms with Crippen LogP contribution in [0.3, 0.4) is 0 Å². The van der Waals surface area contributed by atoms with E-state index in [1.54, 1.807) is 14.0 Å². The fraction of sp³-hybridized carbons (Fsp3) is 0.769. The standard InChI is InChI=1S/C13H22O4/c1-10(2)12(14)17-13(3)8-6-5-7-11(13)16-9-15-4/h11H,1,5-9H2,2-4H3. The largest absolute Gasteiger partial charge is 0.453 e. The molecule has 4 heteroatoms. The van der Waals surface area contributed by atoms with Gasteiger partial charge in [-0.3, -0.25) is 0 Å². The normalized spacial score (nSPS) is 28.8. The molecule has 0 amide bonds. The predicted octanol–water partition coefficient (Wildman–Crippen LogP) is 2.43. The van der Waals surface area contributed by atoms with Gasteiger partial charge in [0.2, 0.25) is 0 Å². The molecule has 4 nitrogen and oxygen atoms in total. The van der Waals surface area contributed by atoms with Gasteiger partial charge in [0.15, 0.2) is 0 Å². The molecule has 98 valence electrons. The quantitative estimate of drug-likeness (QED) is 0.422. The average molecular weight is 242 g/mol. The highest BCUT2D eigenvalue weighted by Crippen LogP contribution is 2.34. The second-order valence-corrected chi connectivity index (χ2v) is 4.79. The third-order valence-electron chi connectivity index (χ3n) is 3.13. The van der Waals surface area contributed by atoms with Gasteiger partial charge in [-0.25, -0.2) is 4.79 Å². The first-order chi connectivity index (χ1) is 7.99. The minimum absolute atomic E-state index is 0.0977. The van der Waals surface area contributed by atoms with E-state index in [9.17, 15) is 4.79 Å². The van der Waals surface area contributed by atoms with Gasteiger partial charge in [0.1, 0.15) is 12.4 Å². The predicted molar refractivity (Wildman–Crippen MR) is 64.5 cm³/mol. The van der Waals surface area contributed by atoms with Crippen molar-refractivity contribution < 1.29 is 19.0 Å². The Bertz CT molecular complexity index is 287. The maximum atomic E-state index is 11.6. The van der Waals surface area contributed by atoms with E-state index in [4.69, 9.17) is 14.2 Å².